The number of rotatable bonds is 10. The molecule has 0 unspecified atom stereocenters. The van der Waals surface area contributed by atoms with Crippen LogP contribution in [-0.2, 0) is 64.0 Å². The Morgan fingerprint density at radius 1 is 0.321 bits per heavy atom. The largest absolute Gasteiger partial charge is 0.496 e. The van der Waals surface area contributed by atoms with E-state index in [0.29, 0.717) is 35.1 Å². The van der Waals surface area contributed by atoms with Crippen molar-refractivity contribution in [3.05, 3.63) is 115 Å². The number of benzene rings is 4. The van der Waals surface area contributed by atoms with Crippen molar-refractivity contribution in [2.45, 2.75) is 271 Å². The van der Waals surface area contributed by atoms with Crippen molar-refractivity contribution >= 4 is 0 Å². The molecular formula is C70H106O8. The first-order valence-corrected chi connectivity index (χ1v) is 29.0. The maximum absolute atomic E-state index is 15.5. The Bertz CT molecular complexity index is 2320. The van der Waals surface area contributed by atoms with E-state index in [-0.39, 0.29) is 0 Å². The highest BCUT2D eigenvalue weighted by Crippen LogP contribution is 2.58. The average molecular weight is 1080 g/mol. The number of ether oxygens (including phenoxy) is 6. The second kappa shape index (κ2) is 20.7. The van der Waals surface area contributed by atoms with Crippen LogP contribution in [0.5, 0.6) is 23.0 Å². The molecule has 2 atom stereocenters. The smallest absolute Gasteiger partial charge is 0.169 e. The van der Waals surface area contributed by atoms with Crippen molar-refractivity contribution in [2.75, 3.05) is 28.4 Å². The predicted octanol–water partition coefficient (Wildman–Crippen LogP) is 16.7. The molecule has 8 heteroatoms. The lowest BCUT2D eigenvalue weighted by atomic mass is 9.66. The van der Waals surface area contributed by atoms with Crippen LogP contribution in [0, 0.1) is 0 Å². The van der Waals surface area contributed by atoms with Gasteiger partial charge in [0.1, 0.15) is 46.4 Å². The third-order valence-electron chi connectivity index (χ3n) is 16.8. The van der Waals surface area contributed by atoms with Gasteiger partial charge in [-0.3, -0.25) is 0 Å². The van der Waals surface area contributed by atoms with E-state index in [2.05, 4.69) is 215 Å². The van der Waals surface area contributed by atoms with Gasteiger partial charge < -0.3 is 38.6 Å². The topological polar surface area (TPSA) is 95.8 Å². The first-order chi connectivity index (χ1) is 35.3. The molecule has 2 aliphatic rings. The molecule has 2 N–H and O–H groups in total. The lowest BCUT2D eigenvalue weighted by molar-refractivity contribution is -0.213. The van der Waals surface area contributed by atoms with Crippen molar-refractivity contribution in [1.29, 1.82) is 0 Å². The van der Waals surface area contributed by atoms with Crippen molar-refractivity contribution in [2.24, 2.45) is 0 Å². The zero-order chi connectivity index (χ0) is 59.3. The van der Waals surface area contributed by atoms with Gasteiger partial charge in [-0.05, 0) is 127 Å². The number of hydrogen-bond donors (Lipinski definition) is 2. The molecular weight excluding hydrogens is 969 g/mol. The van der Waals surface area contributed by atoms with Crippen molar-refractivity contribution < 1.29 is 38.6 Å². The summed E-state index contributed by atoms with van der Waals surface area (Å²) in [6.45, 7) is 52.7. The summed E-state index contributed by atoms with van der Waals surface area (Å²) >= 11 is 0. The molecule has 1 aliphatic heterocycles. The minimum absolute atomic E-state index is 0.432. The Morgan fingerprint density at radius 2 is 0.487 bits per heavy atom. The van der Waals surface area contributed by atoms with E-state index in [9.17, 15) is 0 Å². The summed E-state index contributed by atoms with van der Waals surface area (Å²) in [5.41, 5.74) is 2.59. The number of aliphatic hydroxyl groups is 2. The van der Waals surface area contributed by atoms with Gasteiger partial charge in [0.25, 0.3) is 0 Å². The average Bonchev–Trinajstić information content (AvgIpc) is 3.68. The van der Waals surface area contributed by atoms with E-state index < -0.39 is 72.5 Å². The fourth-order valence-electron chi connectivity index (χ4n) is 12.3. The zero-order valence-corrected chi connectivity index (χ0v) is 54.2. The van der Waals surface area contributed by atoms with Gasteiger partial charge in [0, 0.05) is 57.3 Å². The van der Waals surface area contributed by atoms with Gasteiger partial charge in [0.15, 0.2) is 5.79 Å². The second-order valence-corrected chi connectivity index (χ2v) is 31.5. The van der Waals surface area contributed by atoms with E-state index in [1.807, 2.05) is 0 Å². The SMILES string of the molecule is COc1c(C(C)(C)C)cc(C(O)(c2cc(C(C)(C)C)c(OC)c(C(C)(C)C)c2)[C@@H]2OC3(CCCCC3)O[C@H]2C(O)(c2cc(C(C)(C)C)c(OC)c(C(C)(C)C)c2)c2cc(C(C)(C)C)c(OC)c(C(C)(C)C)c2)cc1C(C)(C)C. The molecule has 1 heterocycles. The molecule has 0 aromatic heterocycles. The Kier molecular flexibility index (Phi) is 16.8. The van der Waals surface area contributed by atoms with Crippen LogP contribution in [0.15, 0.2) is 48.5 Å². The summed E-state index contributed by atoms with van der Waals surface area (Å²) in [6, 6.07) is 17.1. The molecule has 0 radical (unpaired) electrons. The summed E-state index contributed by atoms with van der Waals surface area (Å²) in [5.74, 6) is 1.98. The maximum Gasteiger partial charge on any atom is 0.169 e. The molecule has 1 aliphatic carbocycles. The normalized spacial score (nSPS) is 18.4. The lowest BCUT2D eigenvalue weighted by Gasteiger charge is -2.45. The lowest BCUT2D eigenvalue weighted by Crippen LogP contribution is -2.55. The van der Waals surface area contributed by atoms with Crippen LogP contribution in [0.3, 0.4) is 0 Å². The molecule has 8 nitrogen and oxygen atoms in total. The molecule has 2 fully saturated rings. The van der Waals surface area contributed by atoms with E-state index in [1.54, 1.807) is 28.4 Å². The molecule has 1 saturated heterocycles. The Labute approximate surface area is 474 Å². The van der Waals surface area contributed by atoms with Crippen LogP contribution in [0.25, 0.3) is 0 Å². The van der Waals surface area contributed by atoms with Crippen molar-refractivity contribution in [3.63, 3.8) is 0 Å². The monoisotopic (exact) mass is 1070 g/mol. The summed E-state index contributed by atoms with van der Waals surface area (Å²) in [6.07, 6.45) is 1.45. The highest BCUT2D eigenvalue weighted by atomic mass is 16.8. The molecule has 0 bridgehead atoms. The van der Waals surface area contributed by atoms with Crippen LogP contribution >= 0.6 is 0 Å². The van der Waals surface area contributed by atoms with Gasteiger partial charge in [-0.15, -0.1) is 0 Å². The second-order valence-electron chi connectivity index (χ2n) is 31.5. The Balaban J connectivity index is 2.01. The summed E-state index contributed by atoms with van der Waals surface area (Å²) in [7, 11) is 6.99. The minimum atomic E-state index is -2.02. The quantitative estimate of drug-likeness (QED) is 0.162. The fourth-order valence-corrected chi connectivity index (χ4v) is 12.3. The van der Waals surface area contributed by atoms with Gasteiger partial charge in [0.05, 0.1) is 28.4 Å². The van der Waals surface area contributed by atoms with Gasteiger partial charge in [-0.25, -0.2) is 0 Å². The summed E-state index contributed by atoms with van der Waals surface area (Å²) < 4.78 is 41.6. The molecule has 6 rings (SSSR count). The molecule has 434 valence electrons. The molecule has 1 saturated carbocycles. The summed E-state index contributed by atoms with van der Waals surface area (Å²) in [4.78, 5) is 0. The van der Waals surface area contributed by atoms with Crippen LogP contribution in [0.1, 0.15) is 265 Å². The highest BCUT2D eigenvalue weighted by Gasteiger charge is 2.64. The molecule has 4 aromatic carbocycles. The van der Waals surface area contributed by atoms with E-state index >= 15 is 10.2 Å². The molecule has 0 amide bonds. The minimum Gasteiger partial charge on any atom is -0.496 e. The standard InChI is InChI=1S/C70H106O8/c1-60(2,3)46-34-42(35-47(54(46)73-25)61(4,5)6)69(71,43-36-48(62(7,8)9)55(74-26)49(37-43)63(10,11)12)58-59(78-68(77-58)32-30-29-31-33-68)70(72,44-38-50(64(13,14)15)56(75-27)51(39-44)65(16,17)18)45-40-52(66(19,20)21)57(76-28)53(41-45)67(22,23)24/h34-41,58-59,71-72H,29-33H2,1-28H3/t58-,59-/m1/s1. The van der Waals surface area contributed by atoms with Crippen LogP contribution in [0.4, 0.5) is 0 Å². The van der Waals surface area contributed by atoms with Crippen LogP contribution < -0.4 is 18.9 Å². The van der Waals surface area contributed by atoms with Gasteiger partial charge in [-0.1, -0.05) is 173 Å². The fraction of sp³-hybridized carbons (Fsp3) is 0.657. The Morgan fingerprint density at radius 3 is 0.628 bits per heavy atom. The summed E-state index contributed by atoms with van der Waals surface area (Å²) in [5, 5.41) is 31.1. The predicted molar refractivity (Wildman–Crippen MR) is 323 cm³/mol. The molecule has 4 aromatic rings. The molecule has 1 spiro atoms. The first kappa shape index (κ1) is 63.1. The Hall–Kier alpha value is -4.08. The van der Waals surface area contributed by atoms with Crippen LogP contribution in [0.2, 0.25) is 0 Å². The third-order valence-corrected chi connectivity index (χ3v) is 16.8. The maximum atomic E-state index is 15.5. The number of methoxy groups -OCH3 is 4. The third kappa shape index (κ3) is 11.7. The van der Waals surface area contributed by atoms with E-state index in [0.717, 1.165) is 86.8 Å². The molecule has 78 heavy (non-hydrogen) atoms. The van der Waals surface area contributed by atoms with Crippen molar-refractivity contribution in [1.82, 2.24) is 0 Å². The van der Waals surface area contributed by atoms with Gasteiger partial charge in [0.2, 0.25) is 0 Å². The van der Waals surface area contributed by atoms with Crippen LogP contribution in [-0.4, -0.2) is 56.6 Å². The van der Waals surface area contributed by atoms with Gasteiger partial charge >= 0.3 is 0 Å². The highest BCUT2D eigenvalue weighted by molar-refractivity contribution is 5.61. The number of hydrogen-bond acceptors (Lipinski definition) is 8. The zero-order valence-electron chi connectivity index (χ0n) is 54.2. The first-order valence-electron chi connectivity index (χ1n) is 29.0. The van der Waals surface area contributed by atoms with E-state index in [1.165, 1.54) is 0 Å². The van der Waals surface area contributed by atoms with E-state index in [4.69, 9.17) is 28.4 Å². The van der Waals surface area contributed by atoms with Gasteiger partial charge in [-0.2, -0.15) is 0 Å². The van der Waals surface area contributed by atoms with Crippen molar-refractivity contribution in [3.8, 4) is 23.0 Å².